The van der Waals surface area contributed by atoms with Crippen LogP contribution in [0.3, 0.4) is 0 Å². The number of rotatable bonds is 3. The van der Waals surface area contributed by atoms with E-state index in [2.05, 4.69) is 18.9 Å². The van der Waals surface area contributed by atoms with E-state index in [1.807, 2.05) is 14.5 Å². The Kier molecular flexibility index (Phi) is 4.68. The van der Waals surface area contributed by atoms with Gasteiger partial charge in [0, 0.05) is 39.1 Å². The van der Waals surface area contributed by atoms with Crippen molar-refractivity contribution in [3.63, 3.8) is 0 Å². The quantitative estimate of drug-likeness (QED) is 0.849. The Balaban J connectivity index is 1.60. The summed E-state index contributed by atoms with van der Waals surface area (Å²) in [6, 6.07) is 0. The van der Waals surface area contributed by atoms with Crippen LogP contribution < -0.4 is 0 Å². The SMILES string of the molecule is CC(C)CC(=O)N1CCN(C(=O)c2cnn3c2CCCC3)CC1. The molecule has 0 bridgehead atoms. The van der Waals surface area contributed by atoms with E-state index in [0.29, 0.717) is 38.5 Å². The highest BCUT2D eigenvalue weighted by molar-refractivity contribution is 5.95. The third-order valence-electron chi connectivity index (χ3n) is 4.72. The van der Waals surface area contributed by atoms with E-state index in [1.165, 1.54) is 0 Å². The predicted octanol–water partition coefficient (Wildman–Crippen LogP) is 1.55. The van der Waals surface area contributed by atoms with Gasteiger partial charge in [0.2, 0.25) is 5.91 Å². The maximum absolute atomic E-state index is 12.8. The molecule has 0 radical (unpaired) electrons. The molecule has 2 aliphatic rings. The Bertz CT molecular complexity index is 585. The van der Waals surface area contributed by atoms with Gasteiger partial charge in [0.25, 0.3) is 5.91 Å². The van der Waals surface area contributed by atoms with Crippen molar-refractivity contribution in [2.75, 3.05) is 26.2 Å². The minimum atomic E-state index is 0.0732. The summed E-state index contributed by atoms with van der Waals surface area (Å²) in [5.41, 5.74) is 1.84. The predicted molar refractivity (Wildman–Crippen MR) is 87.1 cm³/mol. The van der Waals surface area contributed by atoms with Crippen molar-refractivity contribution in [2.24, 2.45) is 5.92 Å². The fourth-order valence-corrected chi connectivity index (χ4v) is 3.41. The topological polar surface area (TPSA) is 58.4 Å². The highest BCUT2D eigenvalue weighted by Crippen LogP contribution is 2.20. The van der Waals surface area contributed by atoms with Crippen LogP contribution in [0.2, 0.25) is 0 Å². The second kappa shape index (κ2) is 6.72. The van der Waals surface area contributed by atoms with Gasteiger partial charge in [0.05, 0.1) is 17.5 Å². The van der Waals surface area contributed by atoms with Crippen molar-refractivity contribution < 1.29 is 9.59 Å². The summed E-state index contributed by atoms with van der Waals surface area (Å²) in [5, 5.41) is 4.35. The average Bonchev–Trinajstić information content (AvgIpc) is 2.97. The van der Waals surface area contributed by atoms with Crippen LogP contribution in [0.5, 0.6) is 0 Å². The molecule has 0 atom stereocenters. The fraction of sp³-hybridized carbons (Fsp3) is 0.706. The van der Waals surface area contributed by atoms with Gasteiger partial charge in [0.15, 0.2) is 0 Å². The molecule has 0 aromatic carbocycles. The smallest absolute Gasteiger partial charge is 0.257 e. The Morgan fingerprint density at radius 2 is 1.78 bits per heavy atom. The second-order valence-corrected chi connectivity index (χ2v) is 6.96. The molecule has 3 heterocycles. The first-order valence-electron chi connectivity index (χ1n) is 8.68. The first-order valence-corrected chi connectivity index (χ1v) is 8.68. The van der Waals surface area contributed by atoms with E-state index in [-0.39, 0.29) is 11.8 Å². The van der Waals surface area contributed by atoms with Gasteiger partial charge in [0.1, 0.15) is 0 Å². The summed E-state index contributed by atoms with van der Waals surface area (Å²) >= 11 is 0. The van der Waals surface area contributed by atoms with Gasteiger partial charge < -0.3 is 9.80 Å². The van der Waals surface area contributed by atoms with Crippen LogP contribution in [-0.2, 0) is 17.8 Å². The van der Waals surface area contributed by atoms with Crippen LogP contribution in [0.1, 0.15) is 49.2 Å². The molecule has 6 nitrogen and oxygen atoms in total. The van der Waals surface area contributed by atoms with E-state index < -0.39 is 0 Å². The lowest BCUT2D eigenvalue weighted by molar-refractivity contribution is -0.133. The summed E-state index contributed by atoms with van der Waals surface area (Å²) in [7, 11) is 0. The normalized spacial score (nSPS) is 18.2. The van der Waals surface area contributed by atoms with E-state index >= 15 is 0 Å². The number of piperazine rings is 1. The van der Waals surface area contributed by atoms with Crippen LogP contribution in [-0.4, -0.2) is 57.6 Å². The molecule has 6 heteroatoms. The Hall–Kier alpha value is -1.85. The van der Waals surface area contributed by atoms with Crippen LogP contribution in [0.4, 0.5) is 0 Å². The molecule has 2 amide bonds. The lowest BCUT2D eigenvalue weighted by Gasteiger charge is -2.35. The zero-order chi connectivity index (χ0) is 16.4. The summed E-state index contributed by atoms with van der Waals surface area (Å²) < 4.78 is 1.97. The van der Waals surface area contributed by atoms with Crippen molar-refractivity contribution >= 4 is 11.8 Å². The first kappa shape index (κ1) is 16.0. The van der Waals surface area contributed by atoms with Gasteiger partial charge in [-0.25, -0.2) is 0 Å². The van der Waals surface area contributed by atoms with Crippen LogP contribution in [0.15, 0.2) is 6.20 Å². The number of aryl methyl sites for hydroxylation is 1. The fourth-order valence-electron chi connectivity index (χ4n) is 3.41. The largest absolute Gasteiger partial charge is 0.339 e. The van der Waals surface area contributed by atoms with E-state index in [1.54, 1.807) is 6.20 Å². The Morgan fingerprint density at radius 1 is 1.09 bits per heavy atom. The molecular weight excluding hydrogens is 292 g/mol. The zero-order valence-electron chi connectivity index (χ0n) is 14.1. The Labute approximate surface area is 137 Å². The molecule has 2 aliphatic heterocycles. The number of hydrogen-bond donors (Lipinski definition) is 0. The molecule has 0 N–H and O–H groups in total. The lowest BCUT2D eigenvalue weighted by atomic mass is 10.1. The number of amides is 2. The van der Waals surface area contributed by atoms with Crippen molar-refractivity contribution in [2.45, 2.75) is 46.1 Å². The summed E-state index contributed by atoms with van der Waals surface area (Å²) in [6.45, 7) is 7.55. The lowest BCUT2D eigenvalue weighted by Crippen LogP contribution is -2.50. The molecule has 1 aromatic heterocycles. The first-order chi connectivity index (χ1) is 11.1. The van der Waals surface area contributed by atoms with Gasteiger partial charge >= 0.3 is 0 Å². The summed E-state index contributed by atoms with van der Waals surface area (Å²) in [4.78, 5) is 28.6. The molecule has 1 aromatic rings. The molecule has 126 valence electrons. The van der Waals surface area contributed by atoms with Gasteiger partial charge in [-0.1, -0.05) is 13.8 Å². The van der Waals surface area contributed by atoms with Gasteiger partial charge in [-0.3, -0.25) is 14.3 Å². The number of carbonyl (C=O) groups excluding carboxylic acids is 2. The highest BCUT2D eigenvalue weighted by atomic mass is 16.2. The van der Waals surface area contributed by atoms with Crippen LogP contribution in [0.25, 0.3) is 0 Å². The number of hydrogen-bond acceptors (Lipinski definition) is 3. The molecule has 0 spiro atoms. The third-order valence-corrected chi connectivity index (χ3v) is 4.72. The summed E-state index contributed by atoms with van der Waals surface area (Å²) in [5.74, 6) is 0.653. The molecule has 1 saturated heterocycles. The molecule has 1 fully saturated rings. The Morgan fingerprint density at radius 3 is 2.48 bits per heavy atom. The molecule has 0 saturated carbocycles. The van der Waals surface area contributed by atoms with E-state index in [4.69, 9.17) is 0 Å². The standard InChI is InChI=1S/C17H26N4O2/c1-13(2)11-16(22)19-7-9-20(10-8-19)17(23)14-12-18-21-6-4-3-5-15(14)21/h12-13H,3-11H2,1-2H3. The van der Waals surface area contributed by atoms with E-state index in [9.17, 15) is 9.59 Å². The van der Waals surface area contributed by atoms with Crippen molar-refractivity contribution in [1.29, 1.82) is 0 Å². The summed E-state index contributed by atoms with van der Waals surface area (Å²) in [6.07, 6.45) is 5.51. The van der Waals surface area contributed by atoms with Crippen LogP contribution in [0, 0.1) is 5.92 Å². The van der Waals surface area contributed by atoms with Crippen molar-refractivity contribution in [3.8, 4) is 0 Å². The van der Waals surface area contributed by atoms with Crippen molar-refractivity contribution in [3.05, 3.63) is 17.5 Å². The van der Waals surface area contributed by atoms with Gasteiger partial charge in [-0.15, -0.1) is 0 Å². The maximum Gasteiger partial charge on any atom is 0.257 e. The highest BCUT2D eigenvalue weighted by Gasteiger charge is 2.28. The average molecular weight is 318 g/mol. The molecule has 0 unspecified atom stereocenters. The van der Waals surface area contributed by atoms with Crippen LogP contribution >= 0.6 is 0 Å². The number of aromatic nitrogens is 2. The van der Waals surface area contributed by atoms with Gasteiger partial charge in [-0.2, -0.15) is 5.10 Å². The third kappa shape index (κ3) is 3.41. The zero-order valence-corrected chi connectivity index (χ0v) is 14.1. The minimum absolute atomic E-state index is 0.0732. The second-order valence-electron chi connectivity index (χ2n) is 6.96. The number of carbonyl (C=O) groups is 2. The molecule has 3 rings (SSSR count). The maximum atomic E-state index is 12.8. The number of fused-ring (bicyclic) bond motifs is 1. The van der Waals surface area contributed by atoms with Crippen molar-refractivity contribution in [1.82, 2.24) is 19.6 Å². The monoisotopic (exact) mass is 318 g/mol. The number of nitrogens with zero attached hydrogens (tertiary/aromatic N) is 4. The van der Waals surface area contributed by atoms with E-state index in [0.717, 1.165) is 37.1 Å². The molecular formula is C17H26N4O2. The minimum Gasteiger partial charge on any atom is -0.339 e. The molecule has 0 aliphatic carbocycles. The molecule has 23 heavy (non-hydrogen) atoms. The van der Waals surface area contributed by atoms with Gasteiger partial charge in [-0.05, 0) is 25.2 Å².